The van der Waals surface area contributed by atoms with Gasteiger partial charge in [-0.3, -0.25) is 24.1 Å². The number of rotatable bonds is 20. The lowest BCUT2D eigenvalue weighted by atomic mass is 9.85. The van der Waals surface area contributed by atoms with E-state index in [9.17, 15) is 28.8 Å². The molecule has 2 N–H and O–H groups in total. The summed E-state index contributed by atoms with van der Waals surface area (Å²) in [7, 11) is 3.97. The van der Waals surface area contributed by atoms with E-state index in [1.165, 1.54) is 33.1 Å². The predicted octanol–water partition coefficient (Wildman–Crippen LogP) is 8.55. The number of amides is 4. The number of esters is 2. The minimum atomic E-state index is -1.16. The molecule has 0 unspecified atom stereocenters. The van der Waals surface area contributed by atoms with E-state index in [0.29, 0.717) is 17.0 Å². The van der Waals surface area contributed by atoms with Gasteiger partial charge in [0.2, 0.25) is 11.8 Å². The maximum absolute atomic E-state index is 15.1. The summed E-state index contributed by atoms with van der Waals surface area (Å²) >= 11 is 0. The normalized spacial score (nSPS) is 16.4. The summed E-state index contributed by atoms with van der Waals surface area (Å²) in [5, 5.41) is 16.3. The van der Waals surface area contributed by atoms with E-state index >= 15 is 4.79 Å². The molecule has 2 heterocycles. The van der Waals surface area contributed by atoms with Crippen molar-refractivity contribution < 1.29 is 57.2 Å². The third kappa shape index (κ3) is 14.3. The highest BCUT2D eigenvalue weighted by molar-refractivity contribution is 5.96. The van der Waals surface area contributed by atoms with E-state index in [1.54, 1.807) is 76.7 Å². The topological polar surface area (TPSA) is 227 Å². The molecule has 1 saturated heterocycles. The number of Topliss-reactive ketones (excluding diaryl/α,β-unsaturated/α-hetero) is 1. The summed E-state index contributed by atoms with van der Waals surface area (Å²) < 4.78 is 29.2. The summed E-state index contributed by atoms with van der Waals surface area (Å²) in [4.78, 5) is 98.9. The van der Waals surface area contributed by atoms with E-state index < -0.39 is 83.1 Å². The quantitative estimate of drug-likeness (QED) is 0.0540. The van der Waals surface area contributed by atoms with Gasteiger partial charge >= 0.3 is 24.1 Å². The van der Waals surface area contributed by atoms with Crippen LogP contribution < -0.4 is 15.4 Å². The van der Waals surface area contributed by atoms with Gasteiger partial charge in [-0.25, -0.2) is 19.1 Å². The molecule has 6 atom stereocenters. The summed E-state index contributed by atoms with van der Waals surface area (Å²) in [6.07, 6.45) is 0.408. The first-order valence-electron chi connectivity index (χ1n) is 27.5. The molecule has 0 spiro atoms. The van der Waals surface area contributed by atoms with Crippen molar-refractivity contribution in [1.82, 2.24) is 35.4 Å². The molecule has 6 aromatic rings. The second-order valence-electron chi connectivity index (χ2n) is 23.1. The molecule has 1 aliphatic carbocycles. The van der Waals surface area contributed by atoms with Crippen LogP contribution in [0.1, 0.15) is 101 Å². The number of likely N-dealkylation sites (N-methyl/N-ethyl adjacent to an activating group) is 1. The number of benzene rings is 5. The standard InChI is InChI=1S/C63H73N7O12/c1-38(68(8)61(77)82-63(5,6)7)56(72)65-55(62(2,3)4)57(73)69-35-45(33-53(69)54(71)32-43(58(74)78-9)30-40-23-26-41-17-11-12-18-42(41)29-40)70-34-44(66-67-70)36-80-46-27-24-39(25-28-46)31-52(59(75)79-10)64-60(76)81-37-51-49-21-15-13-19-47(49)48-20-14-16-22-50(48)51/h11-29,34,38,43,45,51-53,55H,30-33,35-37H2,1-10H3,(H,64,76)(H,65,72)/t38-,43+,45-,52-,53-,55+/m0/s1. The Kier molecular flexibility index (Phi) is 18.5. The van der Waals surface area contributed by atoms with Crippen molar-refractivity contribution in [3.05, 3.63) is 149 Å². The number of alkyl carbamates (subject to hydrolysis) is 1. The zero-order chi connectivity index (χ0) is 59.0. The number of carbonyl (C=O) groups is 7. The van der Waals surface area contributed by atoms with Crippen LogP contribution in [-0.2, 0) is 62.4 Å². The Bertz CT molecular complexity index is 3260. The van der Waals surface area contributed by atoms with Gasteiger partial charge in [0.25, 0.3) is 0 Å². The minimum absolute atomic E-state index is 0.00513. The Labute approximate surface area is 477 Å². The average Bonchev–Trinajstić information content (AvgIpc) is 4.32. The molecule has 0 saturated carbocycles. The molecule has 4 amide bonds. The van der Waals surface area contributed by atoms with E-state index in [4.69, 9.17) is 23.7 Å². The van der Waals surface area contributed by atoms with Gasteiger partial charge in [-0.1, -0.05) is 129 Å². The van der Waals surface area contributed by atoms with Gasteiger partial charge in [-0.15, -0.1) is 5.10 Å². The van der Waals surface area contributed by atoms with Crippen LogP contribution in [0, 0.1) is 11.3 Å². The molecule has 82 heavy (non-hydrogen) atoms. The molecule has 1 fully saturated rings. The van der Waals surface area contributed by atoms with Gasteiger partial charge < -0.3 is 39.2 Å². The van der Waals surface area contributed by atoms with Crippen molar-refractivity contribution in [3.8, 4) is 16.9 Å². The molecule has 0 bridgehead atoms. The van der Waals surface area contributed by atoms with Crippen LogP contribution in [0.4, 0.5) is 9.59 Å². The van der Waals surface area contributed by atoms with Crippen LogP contribution in [0.5, 0.6) is 5.75 Å². The number of hydrogen-bond donors (Lipinski definition) is 2. The maximum atomic E-state index is 15.1. The number of ketones is 1. The summed E-state index contributed by atoms with van der Waals surface area (Å²) in [5.74, 6) is -3.27. The molecule has 0 radical (unpaired) electrons. The number of carbonyl (C=O) groups excluding carboxylic acids is 7. The van der Waals surface area contributed by atoms with Crippen LogP contribution in [0.3, 0.4) is 0 Å². The molecule has 1 aliphatic heterocycles. The Balaban J connectivity index is 0.940. The number of hydrogen-bond acceptors (Lipinski definition) is 14. The van der Waals surface area contributed by atoms with Crippen LogP contribution in [0.2, 0.25) is 0 Å². The smallest absolute Gasteiger partial charge is 0.410 e. The Morgan fingerprint density at radius 3 is 2.00 bits per heavy atom. The molecule has 5 aromatic carbocycles. The van der Waals surface area contributed by atoms with Gasteiger partial charge in [0.1, 0.15) is 48.4 Å². The van der Waals surface area contributed by atoms with Gasteiger partial charge in [0, 0.05) is 32.4 Å². The van der Waals surface area contributed by atoms with Crippen molar-refractivity contribution in [3.63, 3.8) is 0 Å². The molecule has 2 aliphatic rings. The highest BCUT2D eigenvalue weighted by Gasteiger charge is 2.47. The summed E-state index contributed by atoms with van der Waals surface area (Å²) in [6, 6.07) is 31.9. The third-order valence-corrected chi connectivity index (χ3v) is 15.1. The lowest BCUT2D eigenvalue weighted by Crippen LogP contribution is -2.59. The van der Waals surface area contributed by atoms with Crippen molar-refractivity contribution >= 4 is 52.5 Å². The number of nitrogens with zero attached hydrogens (tertiary/aromatic N) is 5. The van der Waals surface area contributed by atoms with Crippen molar-refractivity contribution in [2.75, 3.05) is 34.4 Å². The molecular formula is C63H73N7O12. The van der Waals surface area contributed by atoms with Crippen LogP contribution in [0.25, 0.3) is 21.9 Å². The first kappa shape index (κ1) is 59.5. The van der Waals surface area contributed by atoms with E-state index in [2.05, 4.69) is 33.1 Å². The number of aromatic nitrogens is 3. The lowest BCUT2D eigenvalue weighted by Gasteiger charge is -2.37. The second kappa shape index (κ2) is 25.5. The number of likely N-dealkylation sites (tertiary alicyclic amines) is 1. The minimum Gasteiger partial charge on any atom is -0.487 e. The number of methoxy groups -OCH3 is 2. The first-order valence-corrected chi connectivity index (χ1v) is 27.5. The van der Waals surface area contributed by atoms with Crippen molar-refractivity contribution in [1.29, 1.82) is 0 Å². The predicted molar refractivity (Wildman–Crippen MR) is 305 cm³/mol. The van der Waals surface area contributed by atoms with Crippen molar-refractivity contribution in [2.24, 2.45) is 11.3 Å². The fourth-order valence-corrected chi connectivity index (χ4v) is 10.5. The molecule has 1 aromatic heterocycles. The number of nitrogens with one attached hydrogen (secondary N) is 2. The van der Waals surface area contributed by atoms with Crippen molar-refractivity contribution in [2.45, 2.75) is 122 Å². The zero-order valence-electron chi connectivity index (χ0n) is 48.2. The SMILES string of the molecule is COC(=O)[C@@H](CC(=O)[C@@H]1C[C@H](n2cc(COc3ccc(C[C@H](NC(=O)OCC4c5ccccc5-c5ccccc54)C(=O)OC)cc3)nn2)CN1C(=O)[C@@H](NC(=O)[C@H](C)N(C)C(=O)OC(C)(C)C)C(C)(C)C)Cc1ccc2ccccc2c1. The highest BCUT2D eigenvalue weighted by Crippen LogP contribution is 2.44. The molecular weight excluding hydrogens is 1050 g/mol. The Morgan fingerprint density at radius 1 is 0.744 bits per heavy atom. The van der Waals surface area contributed by atoms with Gasteiger partial charge in [-0.05, 0) is 102 Å². The van der Waals surface area contributed by atoms with Crippen LogP contribution >= 0.6 is 0 Å². The monoisotopic (exact) mass is 1120 g/mol. The van der Waals surface area contributed by atoms with Crippen LogP contribution in [-0.4, -0.2) is 131 Å². The van der Waals surface area contributed by atoms with Gasteiger partial charge in [0.15, 0.2) is 5.78 Å². The van der Waals surface area contributed by atoms with E-state index in [0.717, 1.165) is 43.5 Å². The molecule has 8 rings (SSSR count). The largest absolute Gasteiger partial charge is 0.487 e. The second-order valence-corrected chi connectivity index (χ2v) is 23.1. The molecule has 432 valence electrons. The lowest BCUT2D eigenvalue weighted by molar-refractivity contribution is -0.148. The third-order valence-electron chi connectivity index (χ3n) is 15.1. The Hall–Kier alpha value is -8.61. The fourth-order valence-electron chi connectivity index (χ4n) is 10.5. The van der Waals surface area contributed by atoms with Gasteiger partial charge in [0.05, 0.1) is 38.4 Å². The number of fused-ring (bicyclic) bond motifs is 4. The first-order chi connectivity index (χ1) is 39.0. The fraction of sp³-hybridized carbons (Fsp3) is 0.413. The summed E-state index contributed by atoms with van der Waals surface area (Å²) in [5.41, 5.74) is 4.61. The van der Waals surface area contributed by atoms with E-state index in [-0.39, 0.29) is 57.1 Å². The van der Waals surface area contributed by atoms with E-state index in [1.807, 2.05) is 78.9 Å². The van der Waals surface area contributed by atoms with Gasteiger partial charge in [-0.2, -0.15) is 0 Å². The molecule has 19 heteroatoms. The summed E-state index contributed by atoms with van der Waals surface area (Å²) in [6.45, 7) is 12.1. The van der Waals surface area contributed by atoms with Crippen LogP contribution in [0.15, 0.2) is 121 Å². The highest BCUT2D eigenvalue weighted by atomic mass is 16.6. The molecule has 19 nitrogen and oxygen atoms in total. The average molecular weight is 1120 g/mol. The number of ether oxygens (including phenoxy) is 5. The Morgan fingerprint density at radius 2 is 1.37 bits per heavy atom. The maximum Gasteiger partial charge on any atom is 0.410 e. The zero-order valence-corrected chi connectivity index (χ0v) is 48.2.